The summed E-state index contributed by atoms with van der Waals surface area (Å²) in [5, 5.41) is 8.84. The third-order valence-electron chi connectivity index (χ3n) is 2.80. The fourth-order valence-electron chi connectivity index (χ4n) is 1.66. The van der Waals surface area contributed by atoms with E-state index < -0.39 is 15.8 Å². The van der Waals surface area contributed by atoms with E-state index in [1.54, 1.807) is 12.1 Å². The monoisotopic (exact) mass is 270 g/mol. The summed E-state index contributed by atoms with van der Waals surface area (Å²) in [6.45, 7) is 3.84. The van der Waals surface area contributed by atoms with Crippen LogP contribution in [-0.4, -0.2) is 25.2 Å². The molecule has 1 aromatic carbocycles. The van der Waals surface area contributed by atoms with E-state index in [1.807, 2.05) is 13.8 Å². The molecule has 0 amide bonds. The van der Waals surface area contributed by atoms with Gasteiger partial charge in [0.1, 0.15) is 0 Å². The minimum absolute atomic E-state index is 0.0988. The molecule has 4 nitrogen and oxygen atoms in total. The molecule has 0 spiro atoms. The van der Waals surface area contributed by atoms with E-state index in [0.29, 0.717) is 5.56 Å². The highest BCUT2D eigenvalue weighted by Gasteiger charge is 2.16. The second-order valence-corrected chi connectivity index (χ2v) is 6.68. The van der Waals surface area contributed by atoms with Gasteiger partial charge in [0.25, 0.3) is 0 Å². The quantitative estimate of drug-likeness (QED) is 0.861. The molecule has 0 saturated carbocycles. The predicted octanol–water partition coefficient (Wildman–Crippen LogP) is 2.35. The smallest absolute Gasteiger partial charge is 0.335 e. The topological polar surface area (TPSA) is 71.4 Å². The van der Waals surface area contributed by atoms with E-state index in [1.165, 1.54) is 12.1 Å². The highest BCUT2D eigenvalue weighted by molar-refractivity contribution is 7.90. The van der Waals surface area contributed by atoms with Gasteiger partial charge in [-0.1, -0.05) is 32.4 Å². The summed E-state index contributed by atoms with van der Waals surface area (Å²) in [7, 11) is -3.18. The third-order valence-corrected chi connectivity index (χ3v) is 4.65. The van der Waals surface area contributed by atoms with E-state index >= 15 is 0 Å². The van der Waals surface area contributed by atoms with Gasteiger partial charge in [0.05, 0.1) is 17.1 Å². The molecule has 100 valence electrons. The van der Waals surface area contributed by atoms with Crippen molar-refractivity contribution in [1.82, 2.24) is 0 Å². The summed E-state index contributed by atoms with van der Waals surface area (Å²) in [5.74, 6) is -0.881. The minimum atomic E-state index is -3.18. The Morgan fingerprint density at radius 1 is 1.39 bits per heavy atom. The van der Waals surface area contributed by atoms with Crippen molar-refractivity contribution in [3.05, 3.63) is 35.4 Å². The molecule has 0 saturated heterocycles. The van der Waals surface area contributed by atoms with Gasteiger partial charge in [0.15, 0.2) is 9.84 Å². The molecule has 0 aliphatic heterocycles. The second kappa shape index (κ2) is 6.00. The first-order chi connectivity index (χ1) is 8.34. The second-order valence-electron chi connectivity index (χ2n) is 4.57. The van der Waals surface area contributed by atoms with Crippen molar-refractivity contribution < 1.29 is 18.3 Å². The lowest BCUT2D eigenvalue weighted by molar-refractivity contribution is 0.0696. The number of carbonyl (C=O) groups is 1. The lowest BCUT2D eigenvalue weighted by atomic mass is 10.1. The van der Waals surface area contributed by atoms with Crippen molar-refractivity contribution in [3.63, 3.8) is 0 Å². The first kappa shape index (κ1) is 14.7. The van der Waals surface area contributed by atoms with Crippen LogP contribution in [0.5, 0.6) is 0 Å². The van der Waals surface area contributed by atoms with E-state index in [4.69, 9.17) is 5.11 Å². The first-order valence-electron chi connectivity index (χ1n) is 5.86. The van der Waals surface area contributed by atoms with Crippen LogP contribution in [0.25, 0.3) is 0 Å². The molecule has 1 aromatic rings. The number of aromatic carboxylic acids is 1. The molecule has 18 heavy (non-hydrogen) atoms. The van der Waals surface area contributed by atoms with Crippen molar-refractivity contribution in [2.75, 3.05) is 5.75 Å². The Morgan fingerprint density at radius 3 is 2.61 bits per heavy atom. The molecule has 1 unspecified atom stereocenters. The number of hydrogen-bond donors (Lipinski definition) is 1. The molecule has 0 aliphatic rings. The average Bonchev–Trinajstić information content (AvgIpc) is 2.27. The van der Waals surface area contributed by atoms with Gasteiger partial charge in [-0.3, -0.25) is 0 Å². The average molecular weight is 270 g/mol. The highest BCUT2D eigenvalue weighted by atomic mass is 32.2. The first-order valence-corrected chi connectivity index (χ1v) is 7.69. The Hall–Kier alpha value is -1.36. The van der Waals surface area contributed by atoms with Gasteiger partial charge in [0, 0.05) is 0 Å². The van der Waals surface area contributed by atoms with Crippen LogP contribution in [0.4, 0.5) is 0 Å². The van der Waals surface area contributed by atoms with Crippen LogP contribution >= 0.6 is 0 Å². The molecule has 5 heteroatoms. The lowest BCUT2D eigenvalue weighted by Gasteiger charge is -2.09. The van der Waals surface area contributed by atoms with E-state index in [-0.39, 0.29) is 23.0 Å². The number of benzene rings is 1. The van der Waals surface area contributed by atoms with E-state index in [0.717, 1.165) is 6.42 Å². The summed E-state index contributed by atoms with van der Waals surface area (Å²) in [6.07, 6.45) is 0.814. The Balaban J connectivity index is 2.84. The normalized spacial score (nSPS) is 13.2. The summed E-state index contributed by atoms with van der Waals surface area (Å²) >= 11 is 0. The van der Waals surface area contributed by atoms with Gasteiger partial charge >= 0.3 is 5.97 Å². The van der Waals surface area contributed by atoms with Crippen LogP contribution in [0, 0.1) is 5.92 Å². The van der Waals surface area contributed by atoms with Crippen LogP contribution in [0.3, 0.4) is 0 Å². The van der Waals surface area contributed by atoms with Gasteiger partial charge in [-0.2, -0.15) is 0 Å². The fraction of sp³-hybridized carbons (Fsp3) is 0.462. The highest BCUT2D eigenvalue weighted by Crippen LogP contribution is 2.13. The van der Waals surface area contributed by atoms with Crippen molar-refractivity contribution in [2.24, 2.45) is 5.92 Å². The molecular formula is C13H18O4S. The SMILES string of the molecule is CCC(C)CS(=O)(=O)Cc1cccc(C(=O)O)c1. The zero-order valence-corrected chi connectivity index (χ0v) is 11.4. The molecule has 0 aromatic heterocycles. The zero-order valence-electron chi connectivity index (χ0n) is 10.6. The van der Waals surface area contributed by atoms with Crippen molar-refractivity contribution in [1.29, 1.82) is 0 Å². The summed E-state index contributed by atoms with van der Waals surface area (Å²) in [5.41, 5.74) is 0.643. The predicted molar refractivity (Wildman–Crippen MR) is 70.3 cm³/mol. The van der Waals surface area contributed by atoms with Gasteiger partial charge in [-0.05, 0) is 23.6 Å². The van der Waals surface area contributed by atoms with Crippen LogP contribution in [0.2, 0.25) is 0 Å². The Labute approximate surface area is 108 Å². The van der Waals surface area contributed by atoms with E-state index in [9.17, 15) is 13.2 Å². The standard InChI is InChI=1S/C13H18O4S/c1-3-10(2)8-18(16,17)9-11-5-4-6-12(7-11)13(14)15/h4-7,10H,3,8-9H2,1-2H3,(H,14,15). The summed E-state index contributed by atoms with van der Waals surface area (Å²) in [4.78, 5) is 10.8. The van der Waals surface area contributed by atoms with Gasteiger partial charge in [0.2, 0.25) is 0 Å². The van der Waals surface area contributed by atoms with Gasteiger partial charge < -0.3 is 5.11 Å². The van der Waals surface area contributed by atoms with Crippen LogP contribution in [0.15, 0.2) is 24.3 Å². The van der Waals surface area contributed by atoms with Gasteiger partial charge in [-0.15, -0.1) is 0 Å². The Bertz CT molecular complexity index is 520. The molecule has 0 heterocycles. The molecule has 1 atom stereocenters. The number of carboxylic acid groups (broad SMARTS) is 1. The number of sulfone groups is 1. The zero-order chi connectivity index (χ0) is 13.8. The van der Waals surface area contributed by atoms with E-state index in [2.05, 4.69) is 0 Å². The molecule has 1 N–H and O–H groups in total. The van der Waals surface area contributed by atoms with Crippen LogP contribution in [-0.2, 0) is 15.6 Å². The maximum Gasteiger partial charge on any atom is 0.335 e. The Kier molecular flexibility index (Phi) is 4.90. The van der Waals surface area contributed by atoms with Crippen molar-refractivity contribution in [3.8, 4) is 0 Å². The van der Waals surface area contributed by atoms with Crippen molar-refractivity contribution in [2.45, 2.75) is 26.0 Å². The molecule has 0 fully saturated rings. The number of hydrogen-bond acceptors (Lipinski definition) is 3. The lowest BCUT2D eigenvalue weighted by Crippen LogP contribution is -2.15. The molecule has 1 rings (SSSR count). The summed E-state index contributed by atoms with van der Waals surface area (Å²) < 4.78 is 23.8. The maximum atomic E-state index is 11.9. The van der Waals surface area contributed by atoms with Crippen molar-refractivity contribution >= 4 is 15.8 Å². The fourth-order valence-corrected chi connectivity index (χ4v) is 3.57. The third kappa shape index (κ3) is 4.49. The molecule has 0 bridgehead atoms. The number of carboxylic acids is 1. The number of rotatable bonds is 6. The van der Waals surface area contributed by atoms with Crippen LogP contribution in [0.1, 0.15) is 36.2 Å². The minimum Gasteiger partial charge on any atom is -0.478 e. The Morgan fingerprint density at radius 2 is 2.06 bits per heavy atom. The van der Waals surface area contributed by atoms with Crippen LogP contribution < -0.4 is 0 Å². The summed E-state index contributed by atoms with van der Waals surface area (Å²) in [6, 6.07) is 6.07. The maximum absolute atomic E-state index is 11.9. The molecule has 0 aliphatic carbocycles. The largest absolute Gasteiger partial charge is 0.478 e. The van der Waals surface area contributed by atoms with Gasteiger partial charge in [-0.25, -0.2) is 13.2 Å². The molecule has 0 radical (unpaired) electrons. The molecular weight excluding hydrogens is 252 g/mol.